The zero-order chi connectivity index (χ0) is 17.1. The number of carbonyl (C=O) groups excluding carboxylic acids is 1. The largest absolute Gasteiger partial charge is 0.321 e. The first kappa shape index (κ1) is 16.7. The van der Waals surface area contributed by atoms with Crippen molar-refractivity contribution in [3.63, 3.8) is 0 Å². The van der Waals surface area contributed by atoms with E-state index in [1.54, 1.807) is 41.3 Å². The molecule has 2 aromatic rings. The Hall–Kier alpha value is -2.11. The quantitative estimate of drug-likeness (QED) is 0.891. The Morgan fingerprint density at radius 1 is 1.21 bits per heavy atom. The number of carbonyl (C=O) groups is 1. The van der Waals surface area contributed by atoms with Crippen LogP contribution in [0.4, 0.5) is 14.9 Å². The lowest BCUT2D eigenvalue weighted by atomic mass is 10.0. The van der Waals surface area contributed by atoms with Crippen LogP contribution in [0.5, 0.6) is 0 Å². The number of urea groups is 1. The minimum Gasteiger partial charge on any atom is -0.321 e. The Morgan fingerprint density at radius 2 is 2.00 bits per heavy atom. The van der Waals surface area contributed by atoms with Gasteiger partial charge in [-0.1, -0.05) is 35.9 Å². The number of anilines is 1. The highest BCUT2D eigenvalue weighted by Gasteiger charge is 2.30. The topological polar surface area (TPSA) is 35.6 Å². The predicted octanol–water partition coefficient (Wildman–Crippen LogP) is 4.00. The summed E-state index contributed by atoms with van der Waals surface area (Å²) in [7, 11) is 1.95. The summed E-state index contributed by atoms with van der Waals surface area (Å²) in [6, 6.07) is 13.4. The van der Waals surface area contributed by atoms with E-state index in [1.807, 2.05) is 13.1 Å². The van der Waals surface area contributed by atoms with Gasteiger partial charge >= 0.3 is 6.03 Å². The molecule has 0 aliphatic carbocycles. The summed E-state index contributed by atoms with van der Waals surface area (Å²) in [5.74, 6) is -0.244. The second-order valence-electron chi connectivity index (χ2n) is 5.90. The second-order valence-corrected chi connectivity index (χ2v) is 6.34. The number of hydrogen-bond acceptors (Lipinski definition) is 2. The molecule has 1 aliphatic rings. The first-order valence-corrected chi connectivity index (χ1v) is 8.18. The van der Waals surface area contributed by atoms with Gasteiger partial charge in [0, 0.05) is 35.9 Å². The first-order chi connectivity index (χ1) is 11.5. The summed E-state index contributed by atoms with van der Waals surface area (Å²) in [6.07, 6.45) is 0. The van der Waals surface area contributed by atoms with Gasteiger partial charge in [-0.05, 0) is 31.3 Å². The third kappa shape index (κ3) is 3.68. The number of hydrogen-bond donors (Lipinski definition) is 1. The van der Waals surface area contributed by atoms with Crippen molar-refractivity contribution in [3.8, 4) is 0 Å². The van der Waals surface area contributed by atoms with E-state index in [9.17, 15) is 9.18 Å². The monoisotopic (exact) mass is 347 g/mol. The van der Waals surface area contributed by atoms with Crippen LogP contribution in [0.15, 0.2) is 48.5 Å². The summed E-state index contributed by atoms with van der Waals surface area (Å²) < 4.78 is 14.1. The van der Waals surface area contributed by atoms with E-state index in [-0.39, 0.29) is 17.9 Å². The fourth-order valence-corrected chi connectivity index (χ4v) is 3.10. The molecule has 6 heteroatoms. The molecule has 1 aliphatic heterocycles. The van der Waals surface area contributed by atoms with Crippen LogP contribution in [-0.2, 0) is 0 Å². The van der Waals surface area contributed by atoms with Crippen molar-refractivity contribution >= 4 is 23.3 Å². The molecule has 3 rings (SSSR count). The van der Waals surface area contributed by atoms with Gasteiger partial charge in [0.2, 0.25) is 0 Å². The number of benzene rings is 2. The van der Waals surface area contributed by atoms with Crippen molar-refractivity contribution < 1.29 is 9.18 Å². The van der Waals surface area contributed by atoms with Gasteiger partial charge in [-0.2, -0.15) is 0 Å². The summed E-state index contributed by atoms with van der Waals surface area (Å²) in [5.41, 5.74) is 1.26. The number of halogens is 2. The van der Waals surface area contributed by atoms with Crippen molar-refractivity contribution in [2.24, 2.45) is 0 Å². The van der Waals surface area contributed by atoms with Crippen LogP contribution in [-0.4, -0.2) is 42.5 Å². The lowest BCUT2D eigenvalue weighted by Gasteiger charge is -2.39. The van der Waals surface area contributed by atoms with Gasteiger partial charge in [0.15, 0.2) is 0 Å². The normalized spacial score (nSPS) is 18.5. The van der Waals surface area contributed by atoms with Gasteiger partial charge in [0.25, 0.3) is 0 Å². The van der Waals surface area contributed by atoms with Gasteiger partial charge in [0.1, 0.15) is 5.82 Å². The van der Waals surface area contributed by atoms with E-state index in [2.05, 4.69) is 10.2 Å². The molecule has 1 fully saturated rings. The molecule has 1 unspecified atom stereocenters. The average molecular weight is 348 g/mol. The molecule has 4 nitrogen and oxygen atoms in total. The number of likely N-dealkylation sites (N-methyl/N-ethyl adjacent to an activating group) is 1. The van der Waals surface area contributed by atoms with Crippen molar-refractivity contribution in [1.82, 2.24) is 9.80 Å². The fourth-order valence-electron chi connectivity index (χ4n) is 2.91. The van der Waals surface area contributed by atoms with Gasteiger partial charge in [-0.15, -0.1) is 0 Å². The molecule has 0 radical (unpaired) electrons. The molecule has 1 heterocycles. The Kier molecular flexibility index (Phi) is 5.02. The van der Waals surface area contributed by atoms with E-state index in [1.165, 1.54) is 6.07 Å². The van der Waals surface area contributed by atoms with E-state index < -0.39 is 0 Å². The molecule has 0 bridgehead atoms. The predicted molar refractivity (Wildman–Crippen MR) is 93.8 cm³/mol. The molecule has 0 aromatic heterocycles. The zero-order valence-corrected chi connectivity index (χ0v) is 14.1. The Balaban J connectivity index is 1.73. The maximum atomic E-state index is 14.1. The molecular formula is C18H19ClFN3O. The molecule has 1 atom stereocenters. The van der Waals surface area contributed by atoms with Gasteiger partial charge in [-0.3, -0.25) is 4.90 Å². The minimum atomic E-state index is -0.244. The maximum Gasteiger partial charge on any atom is 0.321 e. The molecule has 1 N–H and O–H groups in total. The second kappa shape index (κ2) is 7.20. The molecule has 2 amide bonds. The molecular weight excluding hydrogens is 329 g/mol. The van der Waals surface area contributed by atoms with Gasteiger partial charge in [0.05, 0.1) is 6.04 Å². The minimum absolute atomic E-state index is 0.162. The number of nitrogens with one attached hydrogen (secondary N) is 1. The summed E-state index contributed by atoms with van der Waals surface area (Å²) in [4.78, 5) is 16.3. The number of rotatable bonds is 2. The molecule has 2 aromatic carbocycles. The molecule has 1 saturated heterocycles. The van der Waals surface area contributed by atoms with Crippen LogP contribution in [0.25, 0.3) is 0 Å². The van der Waals surface area contributed by atoms with Gasteiger partial charge < -0.3 is 10.2 Å². The van der Waals surface area contributed by atoms with Crippen molar-refractivity contribution in [2.45, 2.75) is 6.04 Å². The van der Waals surface area contributed by atoms with Crippen molar-refractivity contribution in [3.05, 3.63) is 64.9 Å². The molecule has 24 heavy (non-hydrogen) atoms. The third-order valence-corrected chi connectivity index (χ3v) is 4.51. The molecule has 126 valence electrons. The van der Waals surface area contributed by atoms with Crippen molar-refractivity contribution in [1.29, 1.82) is 0 Å². The SMILES string of the molecule is CN1CCN(C(=O)Nc2cccc(Cl)c2)CC1c1ccccc1F. The van der Waals surface area contributed by atoms with Crippen LogP contribution >= 0.6 is 11.6 Å². The number of amides is 2. The smallest absolute Gasteiger partial charge is 0.321 e. The van der Waals surface area contributed by atoms with Crippen LogP contribution in [0.3, 0.4) is 0 Å². The van der Waals surface area contributed by atoms with Crippen LogP contribution in [0, 0.1) is 5.82 Å². The standard InChI is InChI=1S/C18H19ClFN3O/c1-22-9-10-23(12-17(22)15-7-2-3-8-16(15)20)18(24)21-14-6-4-5-13(19)11-14/h2-8,11,17H,9-10,12H2,1H3,(H,21,24). The average Bonchev–Trinajstić information content (AvgIpc) is 2.56. The first-order valence-electron chi connectivity index (χ1n) is 7.81. The Morgan fingerprint density at radius 3 is 2.75 bits per heavy atom. The summed E-state index contributed by atoms with van der Waals surface area (Å²) in [6.45, 7) is 1.71. The molecule has 0 saturated carbocycles. The lowest BCUT2D eigenvalue weighted by Crippen LogP contribution is -2.50. The Labute approximate surface area is 145 Å². The highest BCUT2D eigenvalue weighted by molar-refractivity contribution is 6.30. The van der Waals surface area contributed by atoms with Crippen LogP contribution in [0.1, 0.15) is 11.6 Å². The lowest BCUT2D eigenvalue weighted by molar-refractivity contribution is 0.114. The van der Waals surface area contributed by atoms with E-state index in [4.69, 9.17) is 11.6 Å². The van der Waals surface area contributed by atoms with Gasteiger partial charge in [-0.25, -0.2) is 9.18 Å². The fraction of sp³-hybridized carbons (Fsp3) is 0.278. The summed E-state index contributed by atoms with van der Waals surface area (Å²) >= 11 is 5.94. The number of piperazine rings is 1. The highest BCUT2D eigenvalue weighted by atomic mass is 35.5. The molecule has 0 spiro atoms. The van der Waals surface area contributed by atoms with E-state index in [0.29, 0.717) is 35.9 Å². The summed E-state index contributed by atoms with van der Waals surface area (Å²) in [5, 5.41) is 3.41. The van der Waals surface area contributed by atoms with E-state index in [0.717, 1.165) is 0 Å². The zero-order valence-electron chi connectivity index (χ0n) is 13.4. The third-order valence-electron chi connectivity index (χ3n) is 4.28. The number of nitrogens with zero attached hydrogens (tertiary/aromatic N) is 2. The maximum absolute atomic E-state index is 14.1. The van der Waals surface area contributed by atoms with Crippen LogP contribution in [0.2, 0.25) is 5.02 Å². The van der Waals surface area contributed by atoms with Crippen molar-refractivity contribution in [2.75, 3.05) is 32.0 Å². The van der Waals surface area contributed by atoms with Crippen LogP contribution < -0.4 is 5.32 Å². The highest BCUT2D eigenvalue weighted by Crippen LogP contribution is 2.26. The van der Waals surface area contributed by atoms with E-state index >= 15 is 0 Å². The Bertz CT molecular complexity index is 740.